The molecule has 4 rings (SSSR count). The molecule has 1 unspecified atom stereocenters. The van der Waals surface area contributed by atoms with Crippen LogP contribution in [0.3, 0.4) is 0 Å². The molecule has 3 aromatic rings. The summed E-state index contributed by atoms with van der Waals surface area (Å²) in [5.74, 6) is 0.603. The lowest BCUT2D eigenvalue weighted by Gasteiger charge is -2.33. The summed E-state index contributed by atoms with van der Waals surface area (Å²) in [7, 11) is 0. The number of carbonyl (C=O) groups excluding carboxylic acids is 2. The van der Waals surface area contributed by atoms with Crippen LogP contribution in [0.5, 0.6) is 5.75 Å². The third-order valence-electron chi connectivity index (χ3n) is 6.29. The van der Waals surface area contributed by atoms with Gasteiger partial charge in [-0.1, -0.05) is 35.0 Å². The molecule has 2 N–H and O–H groups in total. The number of esters is 1. The van der Waals surface area contributed by atoms with Gasteiger partial charge in [0.2, 0.25) is 5.91 Å². The van der Waals surface area contributed by atoms with Crippen LogP contribution in [0.25, 0.3) is 10.9 Å². The lowest BCUT2D eigenvalue weighted by molar-refractivity contribution is -0.151. The van der Waals surface area contributed by atoms with Gasteiger partial charge in [-0.05, 0) is 63.1 Å². The number of carbonyl (C=O) groups is 2. The number of hydrogen-bond acceptors (Lipinski definition) is 8. The fourth-order valence-electron chi connectivity index (χ4n) is 4.50. The summed E-state index contributed by atoms with van der Waals surface area (Å²) in [6, 6.07) is 11.2. The monoisotopic (exact) mass is 581 g/mol. The van der Waals surface area contributed by atoms with Gasteiger partial charge in [-0.25, -0.2) is 9.97 Å². The summed E-state index contributed by atoms with van der Waals surface area (Å²) in [6.07, 6.45) is 6.32. The first-order valence-electron chi connectivity index (χ1n) is 12.8. The molecule has 0 bridgehead atoms. The smallest absolute Gasteiger partial charge is 0.323 e. The Bertz CT molecular complexity index is 1300. The third-order valence-corrected chi connectivity index (χ3v) is 6.78. The predicted octanol–water partition coefficient (Wildman–Crippen LogP) is 5.45. The number of anilines is 3. The molecule has 1 atom stereocenters. The number of benzene rings is 2. The van der Waals surface area contributed by atoms with Crippen molar-refractivity contribution in [3.05, 3.63) is 59.9 Å². The Hall–Kier alpha value is -3.50. The molecule has 1 saturated heterocycles. The fraction of sp³-hybridized carbons (Fsp3) is 0.357. The van der Waals surface area contributed by atoms with E-state index in [-0.39, 0.29) is 17.9 Å². The van der Waals surface area contributed by atoms with E-state index in [4.69, 9.17) is 9.47 Å². The number of halogens is 1. The minimum atomic E-state index is -0.349. The van der Waals surface area contributed by atoms with Crippen molar-refractivity contribution in [2.45, 2.75) is 38.6 Å². The molecule has 1 fully saturated rings. The van der Waals surface area contributed by atoms with E-state index in [9.17, 15) is 9.59 Å². The Morgan fingerprint density at radius 3 is 2.89 bits per heavy atom. The van der Waals surface area contributed by atoms with Crippen LogP contribution in [0, 0.1) is 0 Å². The van der Waals surface area contributed by atoms with E-state index in [1.54, 1.807) is 12.1 Å². The van der Waals surface area contributed by atoms with Gasteiger partial charge in [0.15, 0.2) is 0 Å². The van der Waals surface area contributed by atoms with Crippen LogP contribution in [0.1, 0.15) is 32.6 Å². The second kappa shape index (κ2) is 13.3. The van der Waals surface area contributed by atoms with Crippen molar-refractivity contribution in [2.75, 3.05) is 36.9 Å². The molecule has 0 saturated carbocycles. The first kappa shape index (κ1) is 27.5. The second-order valence-electron chi connectivity index (χ2n) is 8.92. The van der Waals surface area contributed by atoms with Crippen LogP contribution >= 0.6 is 15.9 Å². The topological polar surface area (TPSA) is 106 Å². The maximum Gasteiger partial charge on any atom is 0.323 e. The largest absolute Gasteiger partial charge is 0.491 e. The Kier molecular flexibility index (Phi) is 9.67. The molecule has 38 heavy (non-hydrogen) atoms. The average Bonchev–Trinajstić information content (AvgIpc) is 2.92. The molecular formula is C28H32BrN5O4. The highest BCUT2D eigenvalue weighted by Crippen LogP contribution is 2.34. The van der Waals surface area contributed by atoms with E-state index in [2.05, 4.69) is 48.0 Å². The van der Waals surface area contributed by atoms with E-state index in [0.717, 1.165) is 41.4 Å². The van der Waals surface area contributed by atoms with E-state index >= 15 is 0 Å². The van der Waals surface area contributed by atoms with Crippen LogP contribution < -0.4 is 15.4 Å². The summed E-state index contributed by atoms with van der Waals surface area (Å²) >= 11 is 3.48. The van der Waals surface area contributed by atoms with Gasteiger partial charge >= 0.3 is 5.97 Å². The molecule has 2 aromatic carbocycles. The standard InChI is InChI=1S/C28H32BrN5O4/c1-3-26(35)33-23-16-21-22(30-18-31-27(21)32-20-10-7-9-19(29)15-20)17-25(23)38-14-8-13-34-12-6-5-11-24(34)28(36)37-4-2/h3,7,9-10,15-18,24H,1,4-6,8,11-14H2,2H3,(H,33,35)(H,30,31,32). The molecule has 10 heteroatoms. The van der Waals surface area contributed by atoms with Gasteiger partial charge in [0.05, 0.1) is 24.4 Å². The number of ether oxygens (including phenoxy) is 2. The van der Waals surface area contributed by atoms with E-state index in [1.165, 1.54) is 12.4 Å². The molecule has 1 aliphatic rings. The molecule has 2 heterocycles. The minimum Gasteiger partial charge on any atom is -0.491 e. The van der Waals surface area contributed by atoms with Crippen LogP contribution in [0.4, 0.5) is 17.2 Å². The average molecular weight is 582 g/mol. The second-order valence-corrected chi connectivity index (χ2v) is 9.83. The summed E-state index contributed by atoms with van der Waals surface area (Å²) in [6.45, 7) is 7.76. The number of fused-ring (bicyclic) bond motifs is 1. The fourth-order valence-corrected chi connectivity index (χ4v) is 4.90. The SMILES string of the molecule is C=CC(=O)Nc1cc2c(Nc3cccc(Br)c3)ncnc2cc1OCCCN1CCCCC1C(=O)OCC. The van der Waals surface area contributed by atoms with Gasteiger partial charge in [0.25, 0.3) is 0 Å². The maximum atomic E-state index is 12.4. The highest BCUT2D eigenvalue weighted by molar-refractivity contribution is 9.10. The van der Waals surface area contributed by atoms with Gasteiger partial charge < -0.3 is 20.1 Å². The highest BCUT2D eigenvalue weighted by atomic mass is 79.9. The molecule has 9 nitrogen and oxygen atoms in total. The molecule has 0 spiro atoms. The number of amides is 1. The molecule has 1 aromatic heterocycles. The first-order chi connectivity index (χ1) is 18.5. The summed E-state index contributed by atoms with van der Waals surface area (Å²) in [5, 5.41) is 6.88. The lowest BCUT2D eigenvalue weighted by Crippen LogP contribution is -2.46. The summed E-state index contributed by atoms with van der Waals surface area (Å²) in [5.41, 5.74) is 2.02. The van der Waals surface area contributed by atoms with E-state index < -0.39 is 0 Å². The Morgan fingerprint density at radius 1 is 1.24 bits per heavy atom. The minimum absolute atomic E-state index is 0.149. The van der Waals surface area contributed by atoms with Gasteiger partial charge in [0, 0.05) is 28.2 Å². The van der Waals surface area contributed by atoms with E-state index in [1.807, 2.05) is 31.2 Å². The first-order valence-corrected chi connectivity index (χ1v) is 13.6. The molecule has 1 aliphatic heterocycles. The zero-order valence-electron chi connectivity index (χ0n) is 21.4. The number of rotatable bonds is 11. The van der Waals surface area contributed by atoms with Crippen LogP contribution in [-0.4, -0.2) is 59.1 Å². The van der Waals surface area contributed by atoms with Crippen molar-refractivity contribution >= 4 is 55.9 Å². The number of nitrogens with zero attached hydrogens (tertiary/aromatic N) is 3. The van der Waals surface area contributed by atoms with Crippen LogP contribution in [0.15, 0.2) is 59.9 Å². The Labute approximate surface area is 230 Å². The van der Waals surface area contributed by atoms with Crippen molar-refractivity contribution < 1.29 is 19.1 Å². The van der Waals surface area contributed by atoms with E-state index in [0.29, 0.717) is 49.0 Å². The number of piperidine rings is 1. The van der Waals surface area contributed by atoms with Crippen molar-refractivity contribution in [2.24, 2.45) is 0 Å². The van der Waals surface area contributed by atoms with Crippen molar-refractivity contribution in [1.82, 2.24) is 14.9 Å². The number of hydrogen-bond donors (Lipinski definition) is 2. The van der Waals surface area contributed by atoms with Crippen LogP contribution in [-0.2, 0) is 14.3 Å². The zero-order chi connectivity index (χ0) is 26.9. The summed E-state index contributed by atoms with van der Waals surface area (Å²) in [4.78, 5) is 35.6. The van der Waals surface area contributed by atoms with Gasteiger partial charge in [-0.2, -0.15) is 0 Å². The zero-order valence-corrected chi connectivity index (χ0v) is 23.0. The van der Waals surface area contributed by atoms with Gasteiger partial charge in [-0.15, -0.1) is 0 Å². The molecular weight excluding hydrogens is 550 g/mol. The van der Waals surface area contributed by atoms with Crippen molar-refractivity contribution in [1.29, 1.82) is 0 Å². The maximum absolute atomic E-state index is 12.4. The molecule has 1 amide bonds. The number of aromatic nitrogens is 2. The molecule has 0 radical (unpaired) electrons. The third kappa shape index (κ3) is 7.08. The Morgan fingerprint density at radius 2 is 2.11 bits per heavy atom. The molecule has 200 valence electrons. The Balaban J connectivity index is 1.50. The van der Waals surface area contributed by atoms with Crippen molar-refractivity contribution in [3.63, 3.8) is 0 Å². The normalized spacial score (nSPS) is 15.6. The predicted molar refractivity (Wildman–Crippen MR) is 152 cm³/mol. The quantitative estimate of drug-likeness (QED) is 0.175. The van der Waals surface area contributed by atoms with Gasteiger partial charge in [-0.3, -0.25) is 14.5 Å². The molecule has 0 aliphatic carbocycles. The lowest BCUT2D eigenvalue weighted by atomic mass is 10.0. The van der Waals surface area contributed by atoms with Crippen LogP contribution in [0.2, 0.25) is 0 Å². The van der Waals surface area contributed by atoms with Crippen molar-refractivity contribution in [3.8, 4) is 5.75 Å². The summed E-state index contributed by atoms with van der Waals surface area (Å²) < 4.78 is 12.3. The highest BCUT2D eigenvalue weighted by Gasteiger charge is 2.29. The number of nitrogens with one attached hydrogen (secondary N) is 2. The number of likely N-dealkylation sites (tertiary alicyclic amines) is 1. The van der Waals surface area contributed by atoms with Gasteiger partial charge in [0.1, 0.15) is 23.9 Å².